The number of ether oxygens (including phenoxy) is 2. The Hall–Kier alpha value is -3.10. The molecule has 1 aromatic carbocycles. The second kappa shape index (κ2) is 8.73. The molecule has 3 unspecified atom stereocenters. The average Bonchev–Trinajstić information content (AvgIpc) is 2.95. The molecule has 0 aromatic heterocycles. The molecule has 9 nitrogen and oxygen atoms in total. The number of imide groups is 1. The Bertz CT molecular complexity index is 857. The van der Waals surface area contributed by atoms with Gasteiger partial charge >= 0.3 is 12.0 Å². The molecule has 1 aromatic rings. The van der Waals surface area contributed by atoms with E-state index in [1.807, 2.05) is 6.92 Å². The van der Waals surface area contributed by atoms with Crippen molar-refractivity contribution in [1.82, 2.24) is 10.2 Å². The van der Waals surface area contributed by atoms with Crippen LogP contribution in [0.15, 0.2) is 24.3 Å². The molecule has 162 valence electrons. The molecule has 4 amide bonds. The first-order valence-corrected chi connectivity index (χ1v) is 10.1. The second-order valence-corrected chi connectivity index (χ2v) is 7.76. The number of carbonyl (C=O) groups is 4. The number of nitrogens with zero attached hydrogens (tertiary/aromatic N) is 1. The number of anilines is 1. The fraction of sp³-hybridized carbons (Fsp3) is 0.524. The minimum atomic E-state index is -1.12. The molecule has 1 saturated carbocycles. The standard InChI is InChI=1S/C21H27N3O6/c1-13-8-6-7-11-21(13)19(27)24(20(28)23-21)12-17(25)30-14(2)18(26)22-15-9-4-5-10-16(15)29-3/h4-5,9-10,13-14H,6-8,11-12H2,1-3H3,(H,22,26)(H,23,28). The van der Waals surface area contributed by atoms with Gasteiger partial charge in [0.15, 0.2) is 6.10 Å². The van der Waals surface area contributed by atoms with E-state index in [0.29, 0.717) is 17.9 Å². The molecule has 1 aliphatic carbocycles. The third-order valence-electron chi connectivity index (χ3n) is 5.83. The average molecular weight is 417 g/mol. The Balaban J connectivity index is 1.59. The lowest BCUT2D eigenvalue weighted by molar-refractivity contribution is -0.155. The van der Waals surface area contributed by atoms with Crippen LogP contribution in [0, 0.1) is 5.92 Å². The fourth-order valence-electron chi connectivity index (χ4n) is 4.04. The Kier molecular flexibility index (Phi) is 6.28. The van der Waals surface area contributed by atoms with E-state index < -0.39 is 42.0 Å². The van der Waals surface area contributed by atoms with Gasteiger partial charge in [0, 0.05) is 0 Å². The Labute approximate surface area is 175 Å². The van der Waals surface area contributed by atoms with Gasteiger partial charge in [0.1, 0.15) is 17.8 Å². The molecule has 2 fully saturated rings. The van der Waals surface area contributed by atoms with Crippen molar-refractivity contribution in [3.63, 3.8) is 0 Å². The predicted octanol–water partition coefficient (Wildman–Crippen LogP) is 2.07. The molecule has 3 rings (SSSR count). The molecule has 1 aliphatic heterocycles. The normalized spacial score (nSPS) is 24.4. The molecular weight excluding hydrogens is 390 g/mol. The van der Waals surface area contributed by atoms with Crippen LogP contribution in [0.4, 0.5) is 10.5 Å². The maximum atomic E-state index is 12.9. The molecule has 0 radical (unpaired) electrons. The van der Waals surface area contributed by atoms with Crippen molar-refractivity contribution in [2.75, 3.05) is 19.0 Å². The van der Waals surface area contributed by atoms with Gasteiger partial charge in [-0.1, -0.05) is 31.9 Å². The fourth-order valence-corrected chi connectivity index (χ4v) is 4.04. The van der Waals surface area contributed by atoms with Gasteiger partial charge in [-0.2, -0.15) is 0 Å². The van der Waals surface area contributed by atoms with Crippen LogP contribution < -0.4 is 15.4 Å². The number of rotatable bonds is 6. The number of nitrogens with one attached hydrogen (secondary N) is 2. The van der Waals surface area contributed by atoms with Gasteiger partial charge in [-0.25, -0.2) is 4.79 Å². The molecule has 3 atom stereocenters. The van der Waals surface area contributed by atoms with E-state index in [1.165, 1.54) is 14.0 Å². The lowest BCUT2D eigenvalue weighted by atomic mass is 9.73. The maximum Gasteiger partial charge on any atom is 0.327 e. The first-order chi connectivity index (χ1) is 14.3. The first kappa shape index (κ1) is 21.6. The van der Waals surface area contributed by atoms with Crippen molar-refractivity contribution in [2.45, 2.75) is 51.2 Å². The van der Waals surface area contributed by atoms with Gasteiger partial charge in [0.05, 0.1) is 12.8 Å². The highest BCUT2D eigenvalue weighted by molar-refractivity contribution is 6.09. The lowest BCUT2D eigenvalue weighted by Gasteiger charge is -2.36. The molecule has 30 heavy (non-hydrogen) atoms. The van der Waals surface area contributed by atoms with E-state index in [1.54, 1.807) is 24.3 Å². The minimum Gasteiger partial charge on any atom is -0.495 e. The summed E-state index contributed by atoms with van der Waals surface area (Å²) in [4.78, 5) is 50.9. The van der Waals surface area contributed by atoms with E-state index in [9.17, 15) is 19.2 Å². The molecule has 2 aliphatic rings. The highest BCUT2D eigenvalue weighted by atomic mass is 16.5. The van der Waals surface area contributed by atoms with Crippen molar-refractivity contribution in [3.8, 4) is 5.75 Å². The van der Waals surface area contributed by atoms with E-state index in [4.69, 9.17) is 9.47 Å². The van der Waals surface area contributed by atoms with Gasteiger partial charge in [0.2, 0.25) is 0 Å². The van der Waals surface area contributed by atoms with Crippen LogP contribution in [-0.4, -0.2) is 54.0 Å². The van der Waals surface area contributed by atoms with E-state index in [2.05, 4.69) is 10.6 Å². The molecule has 0 bridgehead atoms. The smallest absolute Gasteiger partial charge is 0.327 e. The summed E-state index contributed by atoms with van der Waals surface area (Å²) in [6, 6.07) is 6.23. The number of hydrogen-bond donors (Lipinski definition) is 2. The SMILES string of the molecule is COc1ccccc1NC(=O)C(C)OC(=O)CN1C(=O)NC2(CCCCC2C)C1=O. The zero-order valence-corrected chi connectivity index (χ0v) is 17.4. The summed E-state index contributed by atoms with van der Waals surface area (Å²) in [5.74, 6) is -1.32. The quantitative estimate of drug-likeness (QED) is 0.541. The molecular formula is C21H27N3O6. The Morgan fingerprint density at radius 2 is 2.03 bits per heavy atom. The number of hydrogen-bond acceptors (Lipinski definition) is 6. The minimum absolute atomic E-state index is 0.00530. The van der Waals surface area contributed by atoms with E-state index in [-0.39, 0.29) is 5.92 Å². The van der Waals surface area contributed by atoms with Gasteiger partial charge < -0.3 is 20.1 Å². The largest absolute Gasteiger partial charge is 0.495 e. The summed E-state index contributed by atoms with van der Waals surface area (Å²) < 4.78 is 10.3. The van der Waals surface area contributed by atoms with Gasteiger partial charge in [-0.3, -0.25) is 19.3 Å². The van der Waals surface area contributed by atoms with Crippen LogP contribution in [0.1, 0.15) is 39.5 Å². The van der Waals surface area contributed by atoms with Crippen molar-refractivity contribution in [1.29, 1.82) is 0 Å². The van der Waals surface area contributed by atoms with Gasteiger partial charge in [-0.15, -0.1) is 0 Å². The summed E-state index contributed by atoms with van der Waals surface area (Å²) in [6.45, 7) is 2.81. The van der Waals surface area contributed by atoms with Crippen LogP contribution in [0.5, 0.6) is 5.75 Å². The first-order valence-electron chi connectivity index (χ1n) is 10.1. The van der Waals surface area contributed by atoms with Gasteiger partial charge in [0.25, 0.3) is 11.8 Å². The highest BCUT2D eigenvalue weighted by Gasteiger charge is 2.55. The summed E-state index contributed by atoms with van der Waals surface area (Å²) >= 11 is 0. The van der Waals surface area contributed by atoms with E-state index >= 15 is 0 Å². The number of para-hydroxylation sites is 2. The molecule has 1 saturated heterocycles. The summed E-state index contributed by atoms with van der Waals surface area (Å²) in [7, 11) is 1.48. The summed E-state index contributed by atoms with van der Waals surface area (Å²) in [6.07, 6.45) is 2.12. The van der Waals surface area contributed by atoms with E-state index in [0.717, 1.165) is 24.2 Å². The Morgan fingerprint density at radius 1 is 1.30 bits per heavy atom. The van der Waals surface area contributed by atoms with Gasteiger partial charge in [-0.05, 0) is 37.8 Å². The zero-order chi connectivity index (χ0) is 21.9. The molecule has 9 heteroatoms. The summed E-state index contributed by atoms with van der Waals surface area (Å²) in [5, 5.41) is 5.41. The third kappa shape index (κ3) is 4.10. The number of methoxy groups -OCH3 is 1. The molecule has 2 N–H and O–H groups in total. The molecule has 1 spiro atoms. The predicted molar refractivity (Wildman–Crippen MR) is 108 cm³/mol. The lowest BCUT2D eigenvalue weighted by Crippen LogP contribution is -2.54. The van der Waals surface area contributed by atoms with Crippen LogP contribution in [0.25, 0.3) is 0 Å². The maximum absolute atomic E-state index is 12.9. The number of amides is 4. The van der Waals surface area contributed by atoms with Crippen LogP contribution in [0.3, 0.4) is 0 Å². The monoisotopic (exact) mass is 417 g/mol. The van der Waals surface area contributed by atoms with Crippen molar-refractivity contribution >= 4 is 29.5 Å². The van der Waals surface area contributed by atoms with Crippen LogP contribution in [-0.2, 0) is 19.1 Å². The number of urea groups is 1. The van der Waals surface area contributed by atoms with Crippen molar-refractivity contribution in [3.05, 3.63) is 24.3 Å². The second-order valence-electron chi connectivity index (χ2n) is 7.76. The Morgan fingerprint density at radius 3 is 2.73 bits per heavy atom. The van der Waals surface area contributed by atoms with Crippen LogP contribution >= 0.6 is 0 Å². The topological polar surface area (TPSA) is 114 Å². The number of benzene rings is 1. The van der Waals surface area contributed by atoms with Crippen molar-refractivity contribution < 1.29 is 28.7 Å². The zero-order valence-electron chi connectivity index (χ0n) is 17.4. The molecule has 1 heterocycles. The third-order valence-corrected chi connectivity index (χ3v) is 5.83. The number of carbonyl (C=O) groups excluding carboxylic acids is 4. The summed E-state index contributed by atoms with van der Waals surface area (Å²) in [5.41, 5.74) is -0.502. The van der Waals surface area contributed by atoms with Crippen LogP contribution in [0.2, 0.25) is 0 Å². The van der Waals surface area contributed by atoms with Crippen molar-refractivity contribution in [2.24, 2.45) is 5.92 Å². The highest BCUT2D eigenvalue weighted by Crippen LogP contribution is 2.38. The number of esters is 1.